The van der Waals surface area contributed by atoms with Crippen LogP contribution in [-0.2, 0) is 14.9 Å². The minimum Gasteiger partial charge on any atom is -0.465 e. The molecule has 0 saturated carbocycles. The molecule has 0 fully saturated rings. The quantitative estimate of drug-likeness (QED) is 0.631. The fourth-order valence-electron chi connectivity index (χ4n) is 2.19. The van der Waals surface area contributed by atoms with Crippen LogP contribution in [0, 0.1) is 20.8 Å². The monoisotopic (exact) mass is 340 g/mol. The Balaban J connectivity index is 2.46. The van der Waals surface area contributed by atoms with E-state index in [0.29, 0.717) is 0 Å². The normalized spacial score (nSPS) is 11.3. The van der Waals surface area contributed by atoms with E-state index < -0.39 is 16.1 Å². The number of benzene rings is 1. The van der Waals surface area contributed by atoms with Gasteiger partial charge in [0.25, 0.3) is 0 Å². The zero-order chi connectivity index (χ0) is 16.5. The SMILES string of the molecule is COC(=O)c1sccc1S(=O)(=O)Oc1c(C)cc(C)cc1C. The highest BCUT2D eigenvalue weighted by Crippen LogP contribution is 2.30. The van der Waals surface area contributed by atoms with Gasteiger partial charge in [-0.3, -0.25) is 0 Å². The summed E-state index contributed by atoms with van der Waals surface area (Å²) in [6.45, 7) is 5.48. The van der Waals surface area contributed by atoms with Crippen LogP contribution in [0.4, 0.5) is 0 Å². The lowest BCUT2D eigenvalue weighted by atomic mass is 10.1. The van der Waals surface area contributed by atoms with E-state index in [9.17, 15) is 13.2 Å². The molecule has 0 saturated heterocycles. The summed E-state index contributed by atoms with van der Waals surface area (Å²) in [4.78, 5) is 11.5. The average Bonchev–Trinajstić information content (AvgIpc) is 2.92. The maximum atomic E-state index is 12.5. The molecule has 0 amide bonds. The molecule has 1 aromatic heterocycles. The van der Waals surface area contributed by atoms with E-state index in [-0.39, 0.29) is 15.5 Å². The van der Waals surface area contributed by atoms with Crippen molar-refractivity contribution in [3.8, 4) is 5.75 Å². The van der Waals surface area contributed by atoms with Crippen molar-refractivity contribution in [1.82, 2.24) is 0 Å². The summed E-state index contributed by atoms with van der Waals surface area (Å²) in [6.07, 6.45) is 0. The molecule has 22 heavy (non-hydrogen) atoms. The van der Waals surface area contributed by atoms with Gasteiger partial charge in [0.1, 0.15) is 15.5 Å². The van der Waals surface area contributed by atoms with Crippen molar-refractivity contribution in [2.45, 2.75) is 25.7 Å². The van der Waals surface area contributed by atoms with Crippen molar-refractivity contribution < 1.29 is 22.1 Å². The number of hydrogen-bond acceptors (Lipinski definition) is 6. The molecule has 0 atom stereocenters. The van der Waals surface area contributed by atoms with Crippen LogP contribution in [0.25, 0.3) is 0 Å². The van der Waals surface area contributed by atoms with Gasteiger partial charge in [0.2, 0.25) is 0 Å². The number of hydrogen-bond donors (Lipinski definition) is 0. The van der Waals surface area contributed by atoms with Gasteiger partial charge < -0.3 is 8.92 Å². The third-order valence-corrected chi connectivity index (χ3v) is 5.36. The van der Waals surface area contributed by atoms with Crippen molar-refractivity contribution in [2.75, 3.05) is 7.11 Å². The number of aryl methyl sites for hydroxylation is 3. The smallest absolute Gasteiger partial charge is 0.349 e. The maximum Gasteiger partial charge on any atom is 0.349 e. The third kappa shape index (κ3) is 3.15. The number of methoxy groups -OCH3 is 1. The summed E-state index contributed by atoms with van der Waals surface area (Å²) in [7, 11) is -2.90. The number of thiophene rings is 1. The van der Waals surface area contributed by atoms with Gasteiger partial charge in [-0.15, -0.1) is 11.3 Å². The molecule has 118 valence electrons. The van der Waals surface area contributed by atoms with Crippen LogP contribution in [0.15, 0.2) is 28.5 Å². The predicted molar refractivity (Wildman–Crippen MR) is 84.1 cm³/mol. The second-order valence-electron chi connectivity index (χ2n) is 4.87. The van der Waals surface area contributed by atoms with Gasteiger partial charge in [0, 0.05) is 0 Å². The Hall–Kier alpha value is -1.86. The summed E-state index contributed by atoms with van der Waals surface area (Å²) in [5, 5.41) is 1.51. The molecule has 2 aromatic rings. The van der Waals surface area contributed by atoms with Crippen LogP contribution in [-0.4, -0.2) is 21.5 Å². The Kier molecular flexibility index (Phi) is 4.58. The van der Waals surface area contributed by atoms with Gasteiger partial charge in [-0.25, -0.2) is 4.79 Å². The lowest BCUT2D eigenvalue weighted by Gasteiger charge is -2.13. The molecule has 2 rings (SSSR count). The Bertz CT molecular complexity index is 795. The van der Waals surface area contributed by atoms with Gasteiger partial charge in [-0.05, 0) is 43.3 Å². The topological polar surface area (TPSA) is 69.7 Å². The van der Waals surface area contributed by atoms with Crippen molar-refractivity contribution in [1.29, 1.82) is 0 Å². The highest BCUT2D eigenvalue weighted by atomic mass is 32.2. The molecule has 0 aliphatic rings. The van der Waals surface area contributed by atoms with E-state index in [4.69, 9.17) is 4.18 Å². The van der Waals surface area contributed by atoms with Gasteiger partial charge in [-0.2, -0.15) is 8.42 Å². The summed E-state index contributed by atoms with van der Waals surface area (Å²) in [5.41, 5.74) is 2.46. The van der Waals surface area contributed by atoms with Crippen molar-refractivity contribution in [3.63, 3.8) is 0 Å². The summed E-state index contributed by atoms with van der Waals surface area (Å²) in [5.74, 6) is -0.415. The Labute approximate surface area is 133 Å². The van der Waals surface area contributed by atoms with Crippen LogP contribution in [0.1, 0.15) is 26.4 Å². The molecule has 0 radical (unpaired) electrons. The first kappa shape index (κ1) is 16.5. The molecule has 1 aromatic carbocycles. The lowest BCUT2D eigenvalue weighted by molar-refractivity contribution is 0.0602. The second-order valence-corrected chi connectivity index (χ2v) is 7.30. The molecule has 0 spiro atoms. The largest absolute Gasteiger partial charge is 0.465 e. The van der Waals surface area contributed by atoms with E-state index in [2.05, 4.69) is 4.74 Å². The fraction of sp³-hybridized carbons (Fsp3) is 0.267. The van der Waals surface area contributed by atoms with E-state index in [1.165, 1.54) is 18.6 Å². The number of carbonyl (C=O) groups excluding carboxylic acids is 1. The van der Waals surface area contributed by atoms with Crippen LogP contribution >= 0.6 is 11.3 Å². The minimum atomic E-state index is -4.10. The molecular weight excluding hydrogens is 324 g/mol. The number of rotatable bonds is 4. The van der Waals surface area contributed by atoms with Gasteiger partial charge in [-0.1, -0.05) is 17.7 Å². The fourth-order valence-corrected chi connectivity index (χ4v) is 4.55. The van der Waals surface area contributed by atoms with Crippen LogP contribution < -0.4 is 4.18 Å². The molecule has 0 unspecified atom stereocenters. The van der Waals surface area contributed by atoms with Crippen molar-refractivity contribution >= 4 is 27.4 Å². The molecule has 0 bridgehead atoms. The highest BCUT2D eigenvalue weighted by Gasteiger charge is 2.27. The zero-order valence-electron chi connectivity index (χ0n) is 12.7. The average molecular weight is 340 g/mol. The third-order valence-electron chi connectivity index (χ3n) is 3.07. The Morgan fingerprint density at radius 2 is 1.73 bits per heavy atom. The summed E-state index contributed by atoms with van der Waals surface area (Å²) >= 11 is 0.997. The number of esters is 1. The van der Waals surface area contributed by atoms with E-state index in [1.807, 2.05) is 19.1 Å². The lowest BCUT2D eigenvalue weighted by Crippen LogP contribution is -2.14. The molecule has 5 nitrogen and oxygen atoms in total. The maximum absolute atomic E-state index is 12.5. The first-order chi connectivity index (χ1) is 10.3. The molecule has 1 heterocycles. The van der Waals surface area contributed by atoms with E-state index >= 15 is 0 Å². The first-order valence-corrected chi connectivity index (χ1v) is 8.73. The zero-order valence-corrected chi connectivity index (χ0v) is 14.3. The van der Waals surface area contributed by atoms with Crippen molar-refractivity contribution in [3.05, 3.63) is 45.1 Å². The van der Waals surface area contributed by atoms with E-state index in [0.717, 1.165) is 28.0 Å². The van der Waals surface area contributed by atoms with Gasteiger partial charge >= 0.3 is 16.1 Å². The summed E-state index contributed by atoms with van der Waals surface area (Å²) in [6, 6.07) is 5.02. The van der Waals surface area contributed by atoms with Crippen LogP contribution in [0.5, 0.6) is 5.75 Å². The molecule has 7 heteroatoms. The standard InChI is InChI=1S/C15H16O5S2/c1-9-7-10(2)13(11(3)8-9)20-22(17,18)12-5-6-21-14(12)15(16)19-4/h5-8H,1-4H3. The predicted octanol–water partition coefficient (Wildman–Crippen LogP) is 3.23. The number of ether oxygens (including phenoxy) is 1. The molecule has 0 N–H and O–H groups in total. The molecule has 0 aliphatic heterocycles. The number of carbonyl (C=O) groups is 1. The highest BCUT2D eigenvalue weighted by molar-refractivity contribution is 7.87. The van der Waals surface area contributed by atoms with Gasteiger partial charge in [0.15, 0.2) is 0 Å². The first-order valence-electron chi connectivity index (χ1n) is 6.44. The Morgan fingerprint density at radius 1 is 1.14 bits per heavy atom. The Morgan fingerprint density at radius 3 is 2.27 bits per heavy atom. The van der Waals surface area contributed by atoms with Crippen molar-refractivity contribution in [2.24, 2.45) is 0 Å². The molecule has 0 aliphatic carbocycles. The van der Waals surface area contributed by atoms with Crippen LogP contribution in [0.3, 0.4) is 0 Å². The van der Waals surface area contributed by atoms with E-state index in [1.54, 1.807) is 13.8 Å². The van der Waals surface area contributed by atoms with Gasteiger partial charge in [0.05, 0.1) is 7.11 Å². The summed E-state index contributed by atoms with van der Waals surface area (Å²) < 4.78 is 34.8. The second kappa shape index (κ2) is 6.10. The minimum absolute atomic E-state index is 0.00455. The molecular formula is C15H16O5S2. The van der Waals surface area contributed by atoms with Crippen LogP contribution in [0.2, 0.25) is 0 Å².